The monoisotopic (exact) mass is 452 g/mol. The molecule has 1 amide bonds. The van der Waals surface area contributed by atoms with Crippen LogP contribution in [0.1, 0.15) is 67.3 Å². The number of aryl methyl sites for hydroxylation is 1. The molecular formula is C25H29FN4O3. The van der Waals surface area contributed by atoms with Gasteiger partial charge in [0.2, 0.25) is 0 Å². The Morgan fingerprint density at radius 1 is 1.27 bits per heavy atom. The number of nitrogens with one attached hydrogen (secondary N) is 1. The molecule has 33 heavy (non-hydrogen) atoms. The standard InChI is InChI=1S/C25H29FN4O3/c1-15-22-17(13-30(29-22)18-10-8-16(14-31)9-11-18)12-20(23(15)33-4)28-24(32)19-6-5-7-21(27-19)25(2,3)26/h5-7,12-14,16,18H,8-11H2,1-4H3,(H,28,32). The minimum Gasteiger partial charge on any atom is -0.494 e. The molecular weight excluding hydrogens is 423 g/mol. The molecule has 1 aliphatic carbocycles. The average Bonchev–Trinajstić information content (AvgIpc) is 3.23. The summed E-state index contributed by atoms with van der Waals surface area (Å²) in [6.07, 6.45) is 6.59. The zero-order valence-electron chi connectivity index (χ0n) is 19.4. The number of methoxy groups -OCH3 is 1. The number of anilines is 1. The summed E-state index contributed by atoms with van der Waals surface area (Å²) in [4.78, 5) is 28.2. The predicted molar refractivity (Wildman–Crippen MR) is 124 cm³/mol. The van der Waals surface area contributed by atoms with Gasteiger partial charge in [0.1, 0.15) is 23.4 Å². The second-order valence-electron chi connectivity index (χ2n) is 9.17. The molecule has 1 aromatic carbocycles. The lowest BCUT2D eigenvalue weighted by Crippen LogP contribution is -2.19. The molecule has 0 bridgehead atoms. The number of nitrogens with zero attached hydrogens (tertiary/aromatic N) is 3. The molecule has 1 saturated carbocycles. The largest absolute Gasteiger partial charge is 0.494 e. The fraction of sp³-hybridized carbons (Fsp3) is 0.440. The third kappa shape index (κ3) is 4.60. The molecule has 0 aliphatic heterocycles. The van der Waals surface area contributed by atoms with Gasteiger partial charge in [-0.3, -0.25) is 9.48 Å². The Morgan fingerprint density at radius 2 is 2.00 bits per heavy atom. The van der Waals surface area contributed by atoms with Crippen LogP contribution < -0.4 is 10.1 Å². The van der Waals surface area contributed by atoms with Gasteiger partial charge in [-0.15, -0.1) is 0 Å². The van der Waals surface area contributed by atoms with Crippen LogP contribution in [0.2, 0.25) is 0 Å². The predicted octanol–water partition coefficient (Wildman–Crippen LogP) is 5.14. The Kier molecular flexibility index (Phi) is 6.19. The van der Waals surface area contributed by atoms with Crippen LogP contribution >= 0.6 is 0 Å². The molecule has 8 heteroatoms. The van der Waals surface area contributed by atoms with Crippen molar-refractivity contribution in [1.29, 1.82) is 0 Å². The van der Waals surface area contributed by atoms with E-state index in [1.165, 1.54) is 13.8 Å². The summed E-state index contributed by atoms with van der Waals surface area (Å²) < 4.78 is 21.9. The first kappa shape index (κ1) is 22.9. The Hall–Kier alpha value is -3.29. The van der Waals surface area contributed by atoms with E-state index in [1.807, 2.05) is 23.9 Å². The number of benzene rings is 1. The zero-order chi connectivity index (χ0) is 23.8. The van der Waals surface area contributed by atoms with Gasteiger partial charge in [0, 0.05) is 23.1 Å². The Labute approximate surface area is 192 Å². The summed E-state index contributed by atoms with van der Waals surface area (Å²) in [5.74, 6) is 0.218. The molecule has 3 aromatic rings. The van der Waals surface area contributed by atoms with Crippen molar-refractivity contribution in [2.24, 2.45) is 5.92 Å². The average molecular weight is 453 g/mol. The van der Waals surface area contributed by atoms with Crippen molar-refractivity contribution in [3.63, 3.8) is 0 Å². The van der Waals surface area contributed by atoms with E-state index >= 15 is 0 Å². The number of hydrogen-bond acceptors (Lipinski definition) is 5. The van der Waals surface area contributed by atoms with E-state index in [1.54, 1.807) is 25.3 Å². The maximum absolute atomic E-state index is 14.3. The lowest BCUT2D eigenvalue weighted by atomic mass is 9.87. The van der Waals surface area contributed by atoms with Crippen molar-refractivity contribution in [1.82, 2.24) is 14.8 Å². The summed E-state index contributed by atoms with van der Waals surface area (Å²) >= 11 is 0. The number of alkyl halides is 1. The van der Waals surface area contributed by atoms with Gasteiger partial charge in [0.05, 0.1) is 30.0 Å². The molecule has 2 aromatic heterocycles. The van der Waals surface area contributed by atoms with E-state index in [2.05, 4.69) is 10.3 Å². The van der Waals surface area contributed by atoms with E-state index in [0.29, 0.717) is 11.4 Å². The van der Waals surface area contributed by atoms with E-state index in [-0.39, 0.29) is 23.3 Å². The molecule has 0 spiro atoms. The molecule has 7 nitrogen and oxygen atoms in total. The van der Waals surface area contributed by atoms with Crippen LogP contribution in [0, 0.1) is 12.8 Å². The minimum absolute atomic E-state index is 0.126. The highest BCUT2D eigenvalue weighted by Gasteiger charge is 2.25. The molecule has 0 unspecified atom stereocenters. The highest BCUT2D eigenvalue weighted by atomic mass is 19.1. The number of ether oxygens (including phenoxy) is 1. The first-order chi connectivity index (χ1) is 15.7. The number of pyridine rings is 1. The van der Waals surface area contributed by atoms with E-state index in [4.69, 9.17) is 9.84 Å². The lowest BCUT2D eigenvalue weighted by Gasteiger charge is -2.25. The number of aldehydes is 1. The molecule has 4 rings (SSSR count). The van der Waals surface area contributed by atoms with Gasteiger partial charge in [-0.25, -0.2) is 9.37 Å². The number of halogens is 1. The summed E-state index contributed by atoms with van der Waals surface area (Å²) in [7, 11) is 1.55. The fourth-order valence-corrected chi connectivity index (χ4v) is 4.46. The van der Waals surface area contributed by atoms with Gasteiger partial charge in [0.15, 0.2) is 0 Å². The summed E-state index contributed by atoms with van der Waals surface area (Å²) in [5.41, 5.74) is 0.797. The maximum atomic E-state index is 14.3. The first-order valence-corrected chi connectivity index (χ1v) is 11.2. The number of fused-ring (bicyclic) bond motifs is 1. The Morgan fingerprint density at radius 3 is 2.64 bits per heavy atom. The van der Waals surface area contributed by atoms with Crippen LogP contribution in [0.5, 0.6) is 5.75 Å². The van der Waals surface area contributed by atoms with Crippen molar-refractivity contribution >= 4 is 28.8 Å². The molecule has 1 N–H and O–H groups in total. The number of amides is 1. The van der Waals surface area contributed by atoms with Crippen LogP contribution in [-0.2, 0) is 10.5 Å². The van der Waals surface area contributed by atoms with Gasteiger partial charge < -0.3 is 14.8 Å². The summed E-state index contributed by atoms with van der Waals surface area (Å²) in [6, 6.07) is 6.81. The van der Waals surface area contributed by atoms with Gasteiger partial charge in [-0.1, -0.05) is 6.07 Å². The van der Waals surface area contributed by atoms with Crippen molar-refractivity contribution in [2.45, 2.75) is 58.2 Å². The third-order valence-corrected chi connectivity index (χ3v) is 6.35. The van der Waals surface area contributed by atoms with Crippen molar-refractivity contribution < 1.29 is 18.7 Å². The van der Waals surface area contributed by atoms with Gasteiger partial charge in [-0.05, 0) is 64.7 Å². The van der Waals surface area contributed by atoms with Crippen LogP contribution in [0.25, 0.3) is 10.9 Å². The van der Waals surface area contributed by atoms with Gasteiger partial charge >= 0.3 is 0 Å². The van der Waals surface area contributed by atoms with Crippen LogP contribution in [0.4, 0.5) is 10.1 Å². The van der Waals surface area contributed by atoms with E-state index < -0.39 is 11.6 Å². The van der Waals surface area contributed by atoms with Crippen LogP contribution in [0.15, 0.2) is 30.5 Å². The third-order valence-electron chi connectivity index (χ3n) is 6.35. The normalized spacial score (nSPS) is 18.8. The topological polar surface area (TPSA) is 86.1 Å². The second-order valence-corrected chi connectivity index (χ2v) is 9.17. The number of hydrogen-bond donors (Lipinski definition) is 1. The quantitative estimate of drug-likeness (QED) is 0.524. The van der Waals surface area contributed by atoms with Crippen LogP contribution in [0.3, 0.4) is 0 Å². The Bertz CT molecular complexity index is 1190. The summed E-state index contributed by atoms with van der Waals surface area (Å²) in [5, 5.41) is 8.54. The van der Waals surface area contributed by atoms with Crippen LogP contribution in [-0.4, -0.2) is 34.1 Å². The maximum Gasteiger partial charge on any atom is 0.274 e. The minimum atomic E-state index is -1.65. The van der Waals surface area contributed by atoms with Crippen molar-refractivity contribution in [3.8, 4) is 5.75 Å². The van der Waals surface area contributed by atoms with Crippen molar-refractivity contribution in [2.75, 3.05) is 12.4 Å². The van der Waals surface area contributed by atoms with Gasteiger partial charge in [0.25, 0.3) is 5.91 Å². The Balaban J connectivity index is 1.64. The highest BCUT2D eigenvalue weighted by Crippen LogP contribution is 2.37. The number of aromatic nitrogens is 3. The molecule has 0 atom stereocenters. The molecule has 0 radical (unpaired) electrons. The molecule has 174 valence electrons. The van der Waals surface area contributed by atoms with Gasteiger partial charge in [-0.2, -0.15) is 5.10 Å². The molecule has 1 fully saturated rings. The number of carbonyl (C=O) groups is 2. The molecule has 1 aliphatic rings. The first-order valence-electron chi connectivity index (χ1n) is 11.2. The SMILES string of the molecule is COc1c(NC(=O)c2cccc(C(C)(C)F)n2)cc2cn(C3CCC(C=O)CC3)nc2c1C. The fourth-order valence-electron chi connectivity index (χ4n) is 4.46. The van der Waals surface area contributed by atoms with E-state index in [0.717, 1.165) is 48.4 Å². The lowest BCUT2D eigenvalue weighted by molar-refractivity contribution is -0.112. The van der Waals surface area contributed by atoms with Crippen molar-refractivity contribution in [3.05, 3.63) is 47.4 Å². The zero-order valence-corrected chi connectivity index (χ0v) is 19.4. The number of carbonyl (C=O) groups excluding carboxylic acids is 2. The number of rotatable bonds is 6. The highest BCUT2D eigenvalue weighted by molar-refractivity contribution is 6.05. The molecule has 2 heterocycles. The van der Waals surface area contributed by atoms with E-state index in [9.17, 15) is 14.0 Å². The smallest absolute Gasteiger partial charge is 0.274 e. The second kappa shape index (κ2) is 8.92. The summed E-state index contributed by atoms with van der Waals surface area (Å²) in [6.45, 7) is 4.71. The molecule has 0 saturated heterocycles.